The molecule has 0 aliphatic rings. The number of benzene rings is 2. The summed E-state index contributed by atoms with van der Waals surface area (Å²) < 4.78 is 16.0. The van der Waals surface area contributed by atoms with E-state index in [0.717, 1.165) is 5.56 Å². The molecule has 1 aromatic heterocycles. The number of ether oxygens (including phenoxy) is 2. The minimum atomic E-state index is -0.668. The van der Waals surface area contributed by atoms with Crippen LogP contribution < -0.4 is 20.5 Å². The lowest BCUT2D eigenvalue weighted by Gasteiger charge is -2.15. The summed E-state index contributed by atoms with van der Waals surface area (Å²) in [5, 5.41) is 6.98. The van der Waals surface area contributed by atoms with Gasteiger partial charge in [0.15, 0.2) is 23.9 Å². The molecule has 2 aromatic carbocycles. The minimum Gasteiger partial charge on any atom is -0.493 e. The van der Waals surface area contributed by atoms with Crippen molar-refractivity contribution in [2.75, 3.05) is 19.0 Å². The van der Waals surface area contributed by atoms with Crippen molar-refractivity contribution in [1.82, 2.24) is 10.1 Å². The SMILES string of the molecule is COc1cc(C(=O)Nc2c(C)cccc2-c2nc(C(C)C)no2)cc(Cl)c1OCC(N)=O. The van der Waals surface area contributed by atoms with E-state index in [0.29, 0.717) is 23.0 Å². The highest BCUT2D eigenvalue weighted by atomic mass is 35.5. The molecule has 0 aliphatic heterocycles. The number of aromatic nitrogens is 2. The van der Waals surface area contributed by atoms with Crippen molar-refractivity contribution in [2.45, 2.75) is 26.7 Å². The van der Waals surface area contributed by atoms with Crippen LogP contribution in [-0.4, -0.2) is 35.7 Å². The molecule has 9 nitrogen and oxygen atoms in total. The van der Waals surface area contributed by atoms with Crippen LogP contribution in [0.25, 0.3) is 11.5 Å². The first-order chi connectivity index (χ1) is 15.2. The van der Waals surface area contributed by atoms with Crippen LogP contribution in [0.15, 0.2) is 34.9 Å². The predicted octanol–water partition coefficient (Wildman–Crippen LogP) is 3.95. The second-order valence-electron chi connectivity index (χ2n) is 7.31. The molecule has 0 bridgehead atoms. The lowest BCUT2D eigenvalue weighted by atomic mass is 10.1. The number of carbonyl (C=O) groups is 2. The quantitative estimate of drug-likeness (QED) is 0.522. The summed E-state index contributed by atoms with van der Waals surface area (Å²) in [6.07, 6.45) is 0. The fourth-order valence-electron chi connectivity index (χ4n) is 2.91. The summed E-state index contributed by atoms with van der Waals surface area (Å²) >= 11 is 6.26. The lowest BCUT2D eigenvalue weighted by Crippen LogP contribution is -2.20. The third-order valence-electron chi connectivity index (χ3n) is 4.55. The molecule has 0 atom stereocenters. The number of methoxy groups -OCH3 is 1. The largest absolute Gasteiger partial charge is 0.493 e. The third kappa shape index (κ3) is 5.00. The molecule has 0 aliphatic carbocycles. The number of nitrogens with one attached hydrogen (secondary N) is 1. The van der Waals surface area contributed by atoms with Crippen LogP contribution in [0.5, 0.6) is 11.5 Å². The van der Waals surface area contributed by atoms with Crippen molar-refractivity contribution in [3.8, 4) is 23.0 Å². The maximum Gasteiger partial charge on any atom is 0.260 e. The second kappa shape index (κ2) is 9.69. The van der Waals surface area contributed by atoms with E-state index in [9.17, 15) is 9.59 Å². The number of anilines is 1. The van der Waals surface area contributed by atoms with Crippen LogP contribution in [0.3, 0.4) is 0 Å². The van der Waals surface area contributed by atoms with Gasteiger partial charge < -0.3 is 25.0 Å². The molecule has 0 spiro atoms. The van der Waals surface area contributed by atoms with Gasteiger partial charge in [0.1, 0.15) is 0 Å². The average Bonchev–Trinajstić information content (AvgIpc) is 3.24. The van der Waals surface area contributed by atoms with E-state index < -0.39 is 11.8 Å². The molecule has 0 saturated carbocycles. The summed E-state index contributed by atoms with van der Waals surface area (Å²) in [4.78, 5) is 28.5. The maximum atomic E-state index is 13.1. The van der Waals surface area contributed by atoms with Crippen LogP contribution in [-0.2, 0) is 4.79 Å². The fraction of sp³-hybridized carbons (Fsp3) is 0.273. The van der Waals surface area contributed by atoms with Crippen molar-refractivity contribution >= 4 is 29.1 Å². The Morgan fingerprint density at radius 2 is 2.03 bits per heavy atom. The van der Waals surface area contributed by atoms with Gasteiger partial charge in [-0.1, -0.05) is 42.7 Å². The van der Waals surface area contributed by atoms with Crippen molar-refractivity contribution in [1.29, 1.82) is 0 Å². The highest BCUT2D eigenvalue weighted by Gasteiger charge is 2.21. The smallest absolute Gasteiger partial charge is 0.260 e. The fourth-order valence-corrected chi connectivity index (χ4v) is 3.18. The lowest BCUT2D eigenvalue weighted by molar-refractivity contribution is -0.119. The molecular formula is C22H23ClN4O5. The van der Waals surface area contributed by atoms with E-state index in [1.807, 2.05) is 32.9 Å². The first kappa shape index (κ1) is 23.1. The monoisotopic (exact) mass is 458 g/mol. The molecule has 0 radical (unpaired) electrons. The molecular weight excluding hydrogens is 436 g/mol. The van der Waals surface area contributed by atoms with E-state index >= 15 is 0 Å². The minimum absolute atomic E-state index is 0.0965. The molecule has 3 rings (SSSR count). The molecule has 168 valence electrons. The number of hydrogen-bond acceptors (Lipinski definition) is 7. The number of nitrogens with two attached hydrogens (primary N) is 1. The van der Waals surface area contributed by atoms with Gasteiger partial charge in [0.2, 0.25) is 0 Å². The molecule has 2 amide bonds. The van der Waals surface area contributed by atoms with Gasteiger partial charge in [-0.3, -0.25) is 9.59 Å². The summed E-state index contributed by atoms with van der Waals surface area (Å²) in [5.41, 5.74) is 7.26. The third-order valence-corrected chi connectivity index (χ3v) is 4.83. The number of nitrogens with zero attached hydrogens (tertiary/aromatic N) is 2. The van der Waals surface area contributed by atoms with Gasteiger partial charge in [-0.25, -0.2) is 0 Å². The van der Waals surface area contributed by atoms with Crippen molar-refractivity contribution in [2.24, 2.45) is 5.73 Å². The number of halogens is 1. The summed E-state index contributed by atoms with van der Waals surface area (Å²) in [6, 6.07) is 8.35. The van der Waals surface area contributed by atoms with Gasteiger partial charge in [0, 0.05) is 11.5 Å². The summed E-state index contributed by atoms with van der Waals surface area (Å²) in [7, 11) is 1.39. The maximum absolute atomic E-state index is 13.1. The second-order valence-corrected chi connectivity index (χ2v) is 7.72. The Balaban J connectivity index is 1.93. The molecule has 3 N–H and O–H groups in total. The van der Waals surface area contributed by atoms with Gasteiger partial charge in [0.25, 0.3) is 17.7 Å². The van der Waals surface area contributed by atoms with Gasteiger partial charge in [-0.05, 0) is 30.7 Å². The van der Waals surface area contributed by atoms with Crippen LogP contribution in [0.2, 0.25) is 5.02 Å². The first-order valence-electron chi connectivity index (χ1n) is 9.74. The highest BCUT2D eigenvalue weighted by Crippen LogP contribution is 2.37. The number of rotatable bonds is 8. The number of amides is 2. The van der Waals surface area contributed by atoms with Crippen molar-refractivity contribution < 1.29 is 23.6 Å². The van der Waals surface area contributed by atoms with E-state index in [1.54, 1.807) is 6.07 Å². The van der Waals surface area contributed by atoms with Crippen molar-refractivity contribution in [3.63, 3.8) is 0 Å². The molecule has 1 heterocycles. The normalized spacial score (nSPS) is 10.8. The van der Waals surface area contributed by atoms with Gasteiger partial charge in [-0.15, -0.1) is 0 Å². The Morgan fingerprint density at radius 1 is 1.28 bits per heavy atom. The highest BCUT2D eigenvalue weighted by molar-refractivity contribution is 6.32. The molecule has 0 fully saturated rings. The molecule has 0 unspecified atom stereocenters. The van der Waals surface area contributed by atoms with Crippen LogP contribution in [0.4, 0.5) is 5.69 Å². The topological polar surface area (TPSA) is 130 Å². The van der Waals surface area contributed by atoms with Gasteiger partial charge in [0.05, 0.1) is 23.4 Å². The van der Waals surface area contributed by atoms with Crippen LogP contribution in [0.1, 0.15) is 41.5 Å². The van der Waals surface area contributed by atoms with Crippen LogP contribution in [0, 0.1) is 6.92 Å². The summed E-state index contributed by atoms with van der Waals surface area (Å²) in [6.45, 7) is 5.40. The van der Waals surface area contributed by atoms with E-state index in [1.165, 1.54) is 19.2 Å². The van der Waals surface area contributed by atoms with E-state index in [4.69, 9.17) is 31.3 Å². The number of primary amides is 1. The Morgan fingerprint density at radius 3 is 2.66 bits per heavy atom. The first-order valence-corrected chi connectivity index (χ1v) is 10.1. The zero-order valence-electron chi connectivity index (χ0n) is 18.1. The molecule has 32 heavy (non-hydrogen) atoms. The number of para-hydroxylation sites is 1. The van der Waals surface area contributed by atoms with E-state index in [2.05, 4.69) is 15.5 Å². The zero-order valence-corrected chi connectivity index (χ0v) is 18.8. The van der Waals surface area contributed by atoms with Gasteiger partial charge >= 0.3 is 0 Å². The average molecular weight is 459 g/mol. The number of hydrogen-bond donors (Lipinski definition) is 2. The van der Waals surface area contributed by atoms with Crippen LogP contribution >= 0.6 is 11.6 Å². The standard InChI is InChI=1S/C22H23ClN4O5/c1-11(2)20-26-22(32-27-20)14-7-5-6-12(3)18(14)25-21(29)13-8-15(23)19(16(9-13)30-4)31-10-17(24)28/h5-9,11H,10H2,1-4H3,(H2,24,28)(H,25,29). The van der Waals surface area contributed by atoms with E-state index in [-0.39, 0.29) is 34.6 Å². The molecule has 10 heteroatoms. The Bertz CT molecular complexity index is 1160. The Kier molecular flexibility index (Phi) is 6.99. The molecule has 3 aromatic rings. The molecule has 0 saturated heterocycles. The van der Waals surface area contributed by atoms with Gasteiger partial charge in [-0.2, -0.15) is 4.98 Å². The number of carbonyl (C=O) groups excluding carboxylic acids is 2. The van der Waals surface area contributed by atoms with Crippen molar-refractivity contribution in [3.05, 3.63) is 52.3 Å². The Labute approximate surface area is 189 Å². The summed E-state index contributed by atoms with van der Waals surface area (Å²) in [5.74, 6) is 0.172. The predicted molar refractivity (Wildman–Crippen MR) is 119 cm³/mol. The zero-order chi connectivity index (χ0) is 23.4. The Hall–Kier alpha value is -3.59. The number of aryl methyl sites for hydroxylation is 1.